The third-order valence-corrected chi connectivity index (χ3v) is 4.95. The van der Waals surface area contributed by atoms with Gasteiger partial charge in [-0.05, 0) is 39.5 Å². The molecular formula is C22H41NO3. The van der Waals surface area contributed by atoms with E-state index in [0.717, 1.165) is 19.3 Å². The first kappa shape index (κ1) is 24.7. The summed E-state index contributed by atoms with van der Waals surface area (Å²) in [5.74, 6) is -1.40. The molecule has 0 aromatic carbocycles. The highest BCUT2D eigenvalue weighted by atomic mass is 16.4. The van der Waals surface area contributed by atoms with Gasteiger partial charge in [0.2, 0.25) is 5.91 Å². The number of carbonyl (C=O) groups excluding carboxylic acids is 1. The van der Waals surface area contributed by atoms with E-state index in [1.54, 1.807) is 4.90 Å². The molecule has 1 atom stereocenters. The molecule has 152 valence electrons. The van der Waals surface area contributed by atoms with Crippen LogP contribution >= 0.6 is 0 Å². The quantitative estimate of drug-likeness (QED) is 0.260. The van der Waals surface area contributed by atoms with Crippen LogP contribution in [0.25, 0.3) is 0 Å². The summed E-state index contributed by atoms with van der Waals surface area (Å²) < 4.78 is 0. The van der Waals surface area contributed by atoms with E-state index in [0.29, 0.717) is 19.5 Å². The lowest BCUT2D eigenvalue weighted by Crippen LogP contribution is -2.33. The molecule has 0 aliphatic heterocycles. The van der Waals surface area contributed by atoms with Gasteiger partial charge in [0.1, 0.15) is 0 Å². The predicted molar refractivity (Wildman–Crippen MR) is 109 cm³/mol. The Labute approximate surface area is 161 Å². The second-order valence-corrected chi connectivity index (χ2v) is 7.12. The molecule has 0 radical (unpaired) electrons. The number of hydrogen-bond donors (Lipinski definition) is 1. The molecule has 1 unspecified atom stereocenters. The van der Waals surface area contributed by atoms with Gasteiger partial charge in [-0.2, -0.15) is 0 Å². The minimum Gasteiger partial charge on any atom is -0.481 e. The molecule has 1 N–H and O–H groups in total. The van der Waals surface area contributed by atoms with Crippen LogP contribution in [0, 0.1) is 5.92 Å². The normalized spacial score (nSPS) is 12.4. The van der Waals surface area contributed by atoms with Crippen LogP contribution in [0.4, 0.5) is 0 Å². The highest BCUT2D eigenvalue weighted by Gasteiger charge is 2.22. The number of nitrogens with zero attached hydrogens (tertiary/aromatic N) is 1. The minimum atomic E-state index is -0.833. The average molecular weight is 368 g/mol. The summed E-state index contributed by atoms with van der Waals surface area (Å²) >= 11 is 0. The molecule has 0 aromatic rings. The van der Waals surface area contributed by atoms with Gasteiger partial charge in [0.25, 0.3) is 0 Å². The van der Waals surface area contributed by atoms with Crippen molar-refractivity contribution in [3.8, 4) is 0 Å². The van der Waals surface area contributed by atoms with Gasteiger partial charge in [0.05, 0.1) is 5.92 Å². The summed E-state index contributed by atoms with van der Waals surface area (Å²) in [6.45, 7) is 7.37. The largest absolute Gasteiger partial charge is 0.481 e. The molecule has 0 fully saturated rings. The molecule has 0 bridgehead atoms. The van der Waals surface area contributed by atoms with Gasteiger partial charge in [-0.15, -0.1) is 0 Å². The number of unbranched alkanes of at least 4 members (excludes halogenated alkanes) is 8. The van der Waals surface area contributed by atoms with Crippen molar-refractivity contribution in [3.05, 3.63) is 12.2 Å². The van der Waals surface area contributed by atoms with E-state index in [2.05, 4.69) is 19.1 Å². The maximum atomic E-state index is 12.1. The fourth-order valence-corrected chi connectivity index (χ4v) is 3.15. The van der Waals surface area contributed by atoms with E-state index >= 15 is 0 Å². The molecule has 0 aromatic heterocycles. The van der Waals surface area contributed by atoms with Crippen molar-refractivity contribution in [2.24, 2.45) is 5.92 Å². The second kappa shape index (κ2) is 17.1. The summed E-state index contributed by atoms with van der Waals surface area (Å²) in [4.78, 5) is 25.2. The lowest BCUT2D eigenvalue weighted by atomic mass is 9.96. The Morgan fingerprint density at radius 3 is 1.92 bits per heavy atom. The Hall–Kier alpha value is -1.32. The van der Waals surface area contributed by atoms with Gasteiger partial charge >= 0.3 is 5.97 Å². The van der Waals surface area contributed by atoms with Crippen molar-refractivity contribution in [1.82, 2.24) is 4.90 Å². The van der Waals surface area contributed by atoms with Crippen molar-refractivity contribution >= 4 is 11.9 Å². The lowest BCUT2D eigenvalue weighted by molar-refractivity contribution is -0.146. The maximum absolute atomic E-state index is 12.1. The minimum absolute atomic E-state index is 0.0330. The molecule has 0 heterocycles. The Kier molecular flexibility index (Phi) is 16.2. The lowest BCUT2D eigenvalue weighted by Gasteiger charge is -2.21. The van der Waals surface area contributed by atoms with E-state index in [1.807, 2.05) is 13.8 Å². The smallest absolute Gasteiger partial charge is 0.307 e. The molecule has 0 rings (SSSR count). The maximum Gasteiger partial charge on any atom is 0.307 e. The van der Waals surface area contributed by atoms with Gasteiger partial charge in [-0.3, -0.25) is 9.59 Å². The number of rotatable bonds is 17. The Balaban J connectivity index is 3.77. The number of carboxylic acids is 1. The SMILES string of the molecule is CCCC/C=C/CCCCCCCCC(CC(=O)N(CC)CC)C(=O)O. The van der Waals surface area contributed by atoms with Crippen molar-refractivity contribution in [2.45, 2.75) is 97.8 Å². The first-order valence-electron chi connectivity index (χ1n) is 10.7. The summed E-state index contributed by atoms with van der Waals surface area (Å²) in [5, 5.41) is 9.35. The van der Waals surface area contributed by atoms with Crippen LogP contribution in [0.5, 0.6) is 0 Å². The van der Waals surface area contributed by atoms with E-state index < -0.39 is 11.9 Å². The number of hydrogen-bond acceptors (Lipinski definition) is 2. The van der Waals surface area contributed by atoms with Crippen molar-refractivity contribution < 1.29 is 14.7 Å². The fraction of sp³-hybridized carbons (Fsp3) is 0.818. The molecule has 0 aliphatic carbocycles. The number of amides is 1. The van der Waals surface area contributed by atoms with E-state index in [1.165, 1.54) is 44.9 Å². The first-order valence-corrected chi connectivity index (χ1v) is 10.7. The summed E-state index contributed by atoms with van der Waals surface area (Å²) in [5.41, 5.74) is 0. The molecule has 0 saturated heterocycles. The van der Waals surface area contributed by atoms with Gasteiger partial charge in [0, 0.05) is 19.5 Å². The third kappa shape index (κ3) is 13.0. The molecule has 1 amide bonds. The van der Waals surface area contributed by atoms with E-state index in [4.69, 9.17) is 0 Å². The van der Waals surface area contributed by atoms with Crippen molar-refractivity contribution in [2.75, 3.05) is 13.1 Å². The standard InChI is InChI=1S/C22H41NO3/c1-4-7-8-9-10-11-12-13-14-15-16-17-18-20(22(25)26)19-21(24)23(5-2)6-3/h9-10,20H,4-8,11-19H2,1-3H3,(H,25,26)/b10-9+. The Morgan fingerprint density at radius 2 is 1.38 bits per heavy atom. The molecule has 26 heavy (non-hydrogen) atoms. The highest BCUT2D eigenvalue weighted by molar-refractivity contribution is 5.82. The van der Waals surface area contributed by atoms with Crippen molar-refractivity contribution in [3.63, 3.8) is 0 Å². The van der Waals surface area contributed by atoms with Crippen molar-refractivity contribution in [1.29, 1.82) is 0 Å². The second-order valence-electron chi connectivity index (χ2n) is 7.12. The van der Waals surface area contributed by atoms with Crippen LogP contribution in [0.2, 0.25) is 0 Å². The Bertz CT molecular complexity index is 389. The zero-order valence-electron chi connectivity index (χ0n) is 17.3. The van der Waals surface area contributed by atoms with E-state index in [9.17, 15) is 14.7 Å². The monoisotopic (exact) mass is 367 g/mol. The number of carbonyl (C=O) groups is 2. The molecular weight excluding hydrogens is 326 g/mol. The zero-order valence-corrected chi connectivity index (χ0v) is 17.3. The van der Waals surface area contributed by atoms with Crippen LogP contribution in [-0.2, 0) is 9.59 Å². The Morgan fingerprint density at radius 1 is 0.846 bits per heavy atom. The molecule has 4 heteroatoms. The predicted octanol–water partition coefficient (Wildman–Crippen LogP) is 5.81. The molecule has 0 spiro atoms. The zero-order chi connectivity index (χ0) is 19.6. The summed E-state index contributed by atoms with van der Waals surface area (Å²) in [6.07, 6.45) is 17.1. The molecule has 0 saturated carbocycles. The van der Waals surface area contributed by atoms with Crippen LogP contribution in [0.1, 0.15) is 97.8 Å². The highest BCUT2D eigenvalue weighted by Crippen LogP contribution is 2.17. The summed E-state index contributed by atoms with van der Waals surface area (Å²) in [7, 11) is 0. The van der Waals surface area contributed by atoms with Gasteiger partial charge in [0.15, 0.2) is 0 Å². The van der Waals surface area contributed by atoms with Crippen LogP contribution in [0.15, 0.2) is 12.2 Å². The van der Waals surface area contributed by atoms with Crippen LogP contribution in [-0.4, -0.2) is 35.0 Å². The fourth-order valence-electron chi connectivity index (χ4n) is 3.15. The van der Waals surface area contributed by atoms with Gasteiger partial charge < -0.3 is 10.0 Å². The van der Waals surface area contributed by atoms with Gasteiger partial charge in [-0.1, -0.05) is 64.0 Å². The number of carboxylic acid groups (broad SMARTS) is 1. The molecule has 4 nitrogen and oxygen atoms in total. The molecule has 0 aliphatic rings. The topological polar surface area (TPSA) is 57.6 Å². The van der Waals surface area contributed by atoms with E-state index in [-0.39, 0.29) is 12.3 Å². The van der Waals surface area contributed by atoms with Crippen LogP contribution in [0.3, 0.4) is 0 Å². The third-order valence-electron chi connectivity index (χ3n) is 4.95. The number of aliphatic carboxylic acids is 1. The first-order chi connectivity index (χ1) is 12.6. The van der Waals surface area contributed by atoms with Crippen LogP contribution < -0.4 is 0 Å². The van der Waals surface area contributed by atoms with Gasteiger partial charge in [-0.25, -0.2) is 0 Å². The summed E-state index contributed by atoms with van der Waals surface area (Å²) in [6, 6.07) is 0. The average Bonchev–Trinajstić information content (AvgIpc) is 2.62. The number of allylic oxidation sites excluding steroid dienone is 2.